The van der Waals surface area contributed by atoms with E-state index >= 15 is 0 Å². The lowest BCUT2D eigenvalue weighted by molar-refractivity contribution is 0.304. The van der Waals surface area contributed by atoms with Gasteiger partial charge in [-0.05, 0) is 35.9 Å². The van der Waals surface area contributed by atoms with E-state index in [4.69, 9.17) is 21.6 Å². The molecule has 0 aliphatic carbocycles. The molecule has 2 aromatic rings. The first kappa shape index (κ1) is 13.9. The number of ether oxygens (including phenoxy) is 1. The molecule has 0 radical (unpaired) electrons. The average molecular weight is 337 g/mol. The smallest absolute Gasteiger partial charge is 0.124 e. The van der Waals surface area contributed by atoms with Crippen molar-refractivity contribution in [2.45, 2.75) is 12.5 Å². The molecule has 0 aliphatic heterocycles. The minimum Gasteiger partial charge on any atom is -0.489 e. The lowest BCUT2D eigenvalue weighted by atomic mass is 10.1. The molecule has 0 aromatic heterocycles. The van der Waals surface area contributed by atoms with E-state index in [0.717, 1.165) is 21.3 Å². The van der Waals surface area contributed by atoms with Gasteiger partial charge in [0.2, 0.25) is 0 Å². The minimum absolute atomic E-state index is 0.405. The Hall–Kier alpha value is -1.50. The molecule has 0 aliphatic rings. The second-order valence-corrected chi connectivity index (χ2v) is 5.17. The number of halogens is 2. The third-order valence-electron chi connectivity index (χ3n) is 2.64. The first-order valence-electron chi connectivity index (χ1n) is 5.69. The van der Waals surface area contributed by atoms with Gasteiger partial charge in [0.15, 0.2) is 0 Å². The van der Waals surface area contributed by atoms with E-state index in [9.17, 15) is 0 Å². The van der Waals surface area contributed by atoms with Gasteiger partial charge in [0, 0.05) is 10.0 Å². The third-order valence-corrected chi connectivity index (χ3v) is 3.43. The lowest BCUT2D eigenvalue weighted by Crippen LogP contribution is -1.98. The van der Waals surface area contributed by atoms with Crippen LogP contribution in [0.2, 0.25) is 0 Å². The van der Waals surface area contributed by atoms with E-state index in [1.54, 1.807) is 12.1 Å². The lowest BCUT2D eigenvalue weighted by Gasteiger charge is -2.10. The summed E-state index contributed by atoms with van der Waals surface area (Å²) >= 11 is 9.29. The number of hydrogen-bond acceptors (Lipinski definition) is 2. The number of rotatable bonds is 4. The van der Waals surface area contributed by atoms with Crippen LogP contribution >= 0.6 is 27.5 Å². The van der Waals surface area contributed by atoms with Crippen LogP contribution in [-0.2, 0) is 12.5 Å². The van der Waals surface area contributed by atoms with Crippen molar-refractivity contribution in [2.75, 3.05) is 0 Å². The van der Waals surface area contributed by atoms with E-state index < -0.39 is 0 Å². The van der Waals surface area contributed by atoms with Crippen molar-refractivity contribution in [3.63, 3.8) is 0 Å². The summed E-state index contributed by atoms with van der Waals surface area (Å²) in [6.45, 7) is 0.456. The Morgan fingerprint density at radius 1 is 1.16 bits per heavy atom. The Balaban J connectivity index is 2.07. The molecule has 2 nitrogen and oxygen atoms in total. The molecule has 0 saturated carbocycles. The van der Waals surface area contributed by atoms with Crippen molar-refractivity contribution in [1.29, 1.82) is 5.26 Å². The molecule has 0 saturated heterocycles. The highest BCUT2D eigenvalue weighted by molar-refractivity contribution is 9.10. The van der Waals surface area contributed by atoms with Crippen LogP contribution in [0.1, 0.15) is 16.7 Å². The van der Waals surface area contributed by atoms with Gasteiger partial charge >= 0.3 is 0 Å². The summed E-state index contributed by atoms with van der Waals surface area (Å²) in [7, 11) is 0. The standard InChI is InChI=1S/C15H11BrClNO/c16-14-5-6-15(13(7-14)8-17)19-10-12-3-1-11(9-18)2-4-12/h1-7H,8,10H2. The molecule has 2 aromatic carbocycles. The van der Waals surface area contributed by atoms with Crippen molar-refractivity contribution in [2.24, 2.45) is 0 Å². The maximum absolute atomic E-state index is 8.73. The molecule has 0 fully saturated rings. The van der Waals surface area contributed by atoms with Gasteiger partial charge in [-0.15, -0.1) is 11.6 Å². The molecule has 96 valence electrons. The summed E-state index contributed by atoms with van der Waals surface area (Å²) in [4.78, 5) is 0. The molecule has 0 N–H and O–H groups in total. The molecular formula is C15H11BrClNO. The Morgan fingerprint density at radius 2 is 1.89 bits per heavy atom. The zero-order chi connectivity index (χ0) is 13.7. The number of hydrogen-bond donors (Lipinski definition) is 0. The van der Waals surface area contributed by atoms with E-state index in [1.165, 1.54) is 0 Å². The highest BCUT2D eigenvalue weighted by Crippen LogP contribution is 2.25. The third kappa shape index (κ3) is 3.73. The van der Waals surface area contributed by atoms with Gasteiger partial charge < -0.3 is 4.74 Å². The molecule has 0 atom stereocenters. The topological polar surface area (TPSA) is 33.0 Å². The summed E-state index contributed by atoms with van der Waals surface area (Å²) in [5, 5.41) is 8.73. The molecule has 0 spiro atoms. The van der Waals surface area contributed by atoms with Gasteiger partial charge in [0.05, 0.1) is 17.5 Å². The molecule has 0 unspecified atom stereocenters. The van der Waals surface area contributed by atoms with Crippen LogP contribution in [0, 0.1) is 11.3 Å². The zero-order valence-corrected chi connectivity index (χ0v) is 12.4. The van der Waals surface area contributed by atoms with Crippen molar-refractivity contribution in [3.8, 4) is 11.8 Å². The predicted molar refractivity (Wildman–Crippen MR) is 79.2 cm³/mol. The van der Waals surface area contributed by atoms with Crippen LogP contribution in [0.4, 0.5) is 0 Å². The molecule has 0 heterocycles. The van der Waals surface area contributed by atoms with Crippen molar-refractivity contribution < 1.29 is 4.74 Å². The van der Waals surface area contributed by atoms with Crippen molar-refractivity contribution in [1.82, 2.24) is 0 Å². The fourth-order valence-electron chi connectivity index (χ4n) is 1.63. The molecule has 2 rings (SSSR count). The first-order valence-corrected chi connectivity index (χ1v) is 7.02. The van der Waals surface area contributed by atoms with Gasteiger partial charge in [0.25, 0.3) is 0 Å². The quantitative estimate of drug-likeness (QED) is 0.762. The highest BCUT2D eigenvalue weighted by atomic mass is 79.9. The van der Waals surface area contributed by atoms with Gasteiger partial charge in [-0.1, -0.05) is 28.1 Å². The molecular weight excluding hydrogens is 326 g/mol. The van der Waals surface area contributed by atoms with Gasteiger partial charge in [0.1, 0.15) is 12.4 Å². The van der Waals surface area contributed by atoms with E-state index in [1.807, 2.05) is 30.3 Å². The SMILES string of the molecule is N#Cc1ccc(COc2ccc(Br)cc2CCl)cc1. The summed E-state index contributed by atoms with van der Waals surface area (Å²) < 4.78 is 6.73. The van der Waals surface area contributed by atoms with E-state index in [2.05, 4.69) is 22.0 Å². The Bertz CT molecular complexity index is 605. The molecule has 4 heteroatoms. The first-order chi connectivity index (χ1) is 9.22. The Kier molecular flexibility index (Phi) is 4.84. The second-order valence-electron chi connectivity index (χ2n) is 3.98. The molecule has 0 amide bonds. The summed E-state index contributed by atoms with van der Waals surface area (Å²) in [5.41, 5.74) is 2.61. The van der Waals surface area contributed by atoms with Crippen molar-refractivity contribution >= 4 is 27.5 Å². The number of nitrogens with zero attached hydrogens (tertiary/aromatic N) is 1. The zero-order valence-electron chi connectivity index (χ0n) is 10.1. The average Bonchev–Trinajstić information content (AvgIpc) is 2.46. The van der Waals surface area contributed by atoms with Gasteiger partial charge in [-0.2, -0.15) is 5.26 Å². The van der Waals surface area contributed by atoms with Crippen LogP contribution in [0.25, 0.3) is 0 Å². The fraction of sp³-hybridized carbons (Fsp3) is 0.133. The number of benzene rings is 2. The normalized spacial score (nSPS) is 9.95. The summed E-state index contributed by atoms with van der Waals surface area (Å²) in [6.07, 6.45) is 0. The Morgan fingerprint density at radius 3 is 2.53 bits per heavy atom. The fourth-order valence-corrected chi connectivity index (χ4v) is 2.25. The van der Waals surface area contributed by atoms with Gasteiger partial charge in [-0.3, -0.25) is 0 Å². The number of nitriles is 1. The monoisotopic (exact) mass is 335 g/mol. The minimum atomic E-state index is 0.405. The predicted octanol–water partition coefficient (Wildman–Crippen LogP) is 4.64. The number of alkyl halides is 1. The van der Waals surface area contributed by atoms with Gasteiger partial charge in [-0.25, -0.2) is 0 Å². The maximum Gasteiger partial charge on any atom is 0.124 e. The molecule has 0 bridgehead atoms. The summed E-state index contributed by atoms with van der Waals surface area (Å²) in [5.74, 6) is 1.19. The van der Waals surface area contributed by atoms with Crippen LogP contribution in [-0.4, -0.2) is 0 Å². The second kappa shape index (κ2) is 6.60. The van der Waals surface area contributed by atoms with Crippen LogP contribution in [0.3, 0.4) is 0 Å². The van der Waals surface area contributed by atoms with Crippen LogP contribution < -0.4 is 4.74 Å². The summed E-state index contributed by atoms with van der Waals surface area (Å²) in [6, 6.07) is 15.2. The van der Waals surface area contributed by atoms with E-state index in [-0.39, 0.29) is 0 Å². The largest absolute Gasteiger partial charge is 0.489 e. The van der Waals surface area contributed by atoms with Crippen LogP contribution in [0.5, 0.6) is 5.75 Å². The van der Waals surface area contributed by atoms with Crippen LogP contribution in [0.15, 0.2) is 46.9 Å². The maximum atomic E-state index is 8.73. The molecule has 19 heavy (non-hydrogen) atoms. The van der Waals surface area contributed by atoms with E-state index in [0.29, 0.717) is 18.1 Å². The Labute approximate surface area is 125 Å². The highest BCUT2D eigenvalue weighted by Gasteiger charge is 2.04. The van der Waals surface area contributed by atoms with Crippen molar-refractivity contribution in [3.05, 3.63) is 63.6 Å².